The Morgan fingerprint density at radius 2 is 1.76 bits per heavy atom. The number of fused-ring (bicyclic) bond motifs is 1. The van der Waals surface area contributed by atoms with Gasteiger partial charge in [0.1, 0.15) is 23.7 Å². The smallest absolute Gasteiger partial charge is 0.191 e. The summed E-state index contributed by atoms with van der Waals surface area (Å²) < 4.78 is 41.5. The molecule has 1 aromatic carbocycles. The van der Waals surface area contributed by atoms with Crippen molar-refractivity contribution in [2.75, 3.05) is 24.0 Å². The third-order valence-electron chi connectivity index (χ3n) is 7.69. The van der Waals surface area contributed by atoms with Crippen LogP contribution in [-0.4, -0.2) is 34.2 Å². The third kappa shape index (κ3) is 4.19. The summed E-state index contributed by atoms with van der Waals surface area (Å²) in [5.74, 6) is -1.44. The number of pyridine rings is 2. The van der Waals surface area contributed by atoms with E-state index in [4.69, 9.17) is 9.47 Å². The van der Waals surface area contributed by atoms with E-state index in [9.17, 15) is 5.26 Å². The Bertz CT molecular complexity index is 1660. The van der Waals surface area contributed by atoms with Gasteiger partial charge in [0.05, 0.1) is 49.3 Å². The summed E-state index contributed by atoms with van der Waals surface area (Å²) in [7, 11) is 2.60. The van der Waals surface area contributed by atoms with Gasteiger partial charge in [-0.05, 0) is 43.5 Å². The van der Waals surface area contributed by atoms with Crippen LogP contribution in [0.5, 0.6) is 11.5 Å². The number of methoxy groups -OCH3 is 2. The van der Waals surface area contributed by atoms with Gasteiger partial charge in [0.25, 0.3) is 0 Å². The molecule has 6 rings (SSSR count). The average Bonchev–Trinajstić information content (AvgIpc) is 2.98. The number of halogens is 2. The first-order valence-corrected chi connectivity index (χ1v) is 12.9. The molecular formula is C30H25F2N7O2. The molecule has 1 aliphatic carbocycles. The number of aromatic nitrogens is 4. The second-order valence-electron chi connectivity index (χ2n) is 9.84. The zero-order valence-electron chi connectivity index (χ0n) is 22.4. The van der Waals surface area contributed by atoms with Crippen molar-refractivity contribution in [2.24, 2.45) is 0 Å². The van der Waals surface area contributed by atoms with Gasteiger partial charge in [-0.1, -0.05) is 6.58 Å². The Labute approximate surface area is 235 Å². The predicted octanol–water partition coefficient (Wildman–Crippen LogP) is 5.80. The first-order chi connectivity index (χ1) is 19.9. The van der Waals surface area contributed by atoms with Crippen molar-refractivity contribution in [1.82, 2.24) is 19.9 Å². The highest BCUT2D eigenvalue weighted by Gasteiger charge is 2.40. The van der Waals surface area contributed by atoms with Gasteiger partial charge in [0.15, 0.2) is 23.1 Å². The van der Waals surface area contributed by atoms with Crippen molar-refractivity contribution in [2.45, 2.75) is 31.2 Å². The van der Waals surface area contributed by atoms with E-state index in [1.165, 1.54) is 25.4 Å². The summed E-state index contributed by atoms with van der Waals surface area (Å²) in [6, 6.07) is 10.9. The Morgan fingerprint density at radius 1 is 1.00 bits per heavy atom. The minimum absolute atomic E-state index is 0.0646. The molecule has 3 aromatic heterocycles. The number of hydrogen-bond donors (Lipinski definition) is 0. The average molecular weight is 554 g/mol. The molecule has 9 nitrogen and oxygen atoms in total. The SMILES string of the molecule is C=C1N(c2c(F)c(OC)cc(OC)c2F)Cc2cnc(-c3ccc(C4(C#N)CCC4)nc3)cc2N1c1ccncn1. The molecule has 1 aliphatic heterocycles. The van der Waals surface area contributed by atoms with E-state index < -0.39 is 17.0 Å². The minimum Gasteiger partial charge on any atom is -0.493 e. The normalized spacial score (nSPS) is 15.5. The van der Waals surface area contributed by atoms with Gasteiger partial charge in [-0.25, -0.2) is 18.7 Å². The van der Waals surface area contributed by atoms with Gasteiger partial charge in [0, 0.05) is 35.8 Å². The molecule has 1 saturated carbocycles. The van der Waals surface area contributed by atoms with Crippen LogP contribution in [0.1, 0.15) is 30.5 Å². The zero-order chi connectivity index (χ0) is 28.7. The number of nitriles is 1. The number of benzene rings is 1. The third-order valence-corrected chi connectivity index (χ3v) is 7.69. The molecule has 0 unspecified atom stereocenters. The van der Waals surface area contributed by atoms with Gasteiger partial charge in [-0.3, -0.25) is 14.9 Å². The van der Waals surface area contributed by atoms with E-state index >= 15 is 8.78 Å². The fraction of sp³-hybridized carbons (Fsp3) is 0.233. The molecule has 0 radical (unpaired) electrons. The van der Waals surface area contributed by atoms with Crippen molar-refractivity contribution < 1.29 is 18.3 Å². The molecule has 2 aliphatic rings. The standard InChI is InChI=1S/C30H25F2N7O2/c1-18-38(29-27(31)23(40-2)12-24(41-3)28(29)32)15-20-14-35-21(11-22(20)39(18)26-7-10-34-17-37-26)19-5-6-25(36-13-19)30(16-33)8-4-9-30/h5-7,10-14,17H,1,4,8-9,15H2,2-3H3. The van der Waals surface area contributed by atoms with Crippen LogP contribution in [0.3, 0.4) is 0 Å². The summed E-state index contributed by atoms with van der Waals surface area (Å²) in [5.41, 5.74) is 2.61. The molecule has 0 amide bonds. The lowest BCUT2D eigenvalue weighted by molar-refractivity contribution is 0.316. The van der Waals surface area contributed by atoms with Gasteiger partial charge >= 0.3 is 0 Å². The number of ether oxygens (including phenoxy) is 2. The van der Waals surface area contributed by atoms with Crippen molar-refractivity contribution in [3.8, 4) is 28.8 Å². The molecule has 206 valence electrons. The van der Waals surface area contributed by atoms with E-state index in [1.807, 2.05) is 18.2 Å². The highest BCUT2D eigenvalue weighted by Crippen LogP contribution is 2.46. The molecular weight excluding hydrogens is 528 g/mol. The molecule has 0 spiro atoms. The lowest BCUT2D eigenvalue weighted by atomic mass is 9.67. The maximum absolute atomic E-state index is 15.6. The number of anilines is 3. The van der Waals surface area contributed by atoms with Crippen LogP contribution in [-0.2, 0) is 12.0 Å². The van der Waals surface area contributed by atoms with Crippen LogP contribution in [0.15, 0.2) is 67.6 Å². The van der Waals surface area contributed by atoms with Crippen LogP contribution >= 0.6 is 0 Å². The van der Waals surface area contributed by atoms with Crippen LogP contribution < -0.4 is 19.3 Å². The van der Waals surface area contributed by atoms with Crippen LogP contribution in [0.2, 0.25) is 0 Å². The van der Waals surface area contributed by atoms with E-state index in [0.29, 0.717) is 22.8 Å². The lowest BCUT2D eigenvalue weighted by Crippen LogP contribution is -2.38. The predicted molar refractivity (Wildman–Crippen MR) is 148 cm³/mol. The second kappa shape index (κ2) is 10.1. The second-order valence-corrected chi connectivity index (χ2v) is 9.84. The first-order valence-electron chi connectivity index (χ1n) is 12.9. The zero-order valence-corrected chi connectivity index (χ0v) is 22.4. The highest BCUT2D eigenvalue weighted by molar-refractivity contribution is 5.79. The Kier molecular flexibility index (Phi) is 6.46. The van der Waals surface area contributed by atoms with Gasteiger partial charge < -0.3 is 14.4 Å². The lowest BCUT2D eigenvalue weighted by Gasteiger charge is -2.40. The molecule has 1 fully saturated rings. The van der Waals surface area contributed by atoms with Gasteiger partial charge in [-0.2, -0.15) is 5.26 Å². The van der Waals surface area contributed by atoms with Gasteiger partial charge in [-0.15, -0.1) is 0 Å². The fourth-order valence-corrected chi connectivity index (χ4v) is 5.26. The summed E-state index contributed by atoms with van der Waals surface area (Å²) in [5, 5.41) is 9.68. The van der Waals surface area contributed by atoms with Crippen molar-refractivity contribution in [1.29, 1.82) is 5.26 Å². The summed E-state index contributed by atoms with van der Waals surface area (Å²) in [6.45, 7) is 4.27. The number of rotatable bonds is 6. The number of nitrogens with zero attached hydrogens (tertiary/aromatic N) is 7. The topological polar surface area (TPSA) is 100 Å². The van der Waals surface area contributed by atoms with Crippen molar-refractivity contribution in [3.05, 3.63) is 90.5 Å². The maximum atomic E-state index is 15.6. The number of hydrogen-bond acceptors (Lipinski definition) is 9. The molecule has 0 saturated heterocycles. The Morgan fingerprint density at radius 3 is 2.32 bits per heavy atom. The molecule has 0 bridgehead atoms. The highest BCUT2D eigenvalue weighted by atomic mass is 19.1. The largest absolute Gasteiger partial charge is 0.493 e. The molecule has 11 heteroatoms. The van der Waals surface area contributed by atoms with E-state index in [-0.39, 0.29) is 29.6 Å². The van der Waals surface area contributed by atoms with E-state index in [2.05, 4.69) is 32.6 Å². The molecule has 0 atom stereocenters. The first kappa shape index (κ1) is 26.1. The summed E-state index contributed by atoms with van der Waals surface area (Å²) >= 11 is 0. The molecule has 4 aromatic rings. The molecule has 41 heavy (non-hydrogen) atoms. The monoisotopic (exact) mass is 553 g/mol. The molecule has 4 heterocycles. The van der Waals surface area contributed by atoms with E-state index in [0.717, 1.165) is 36.6 Å². The fourth-order valence-electron chi connectivity index (χ4n) is 5.26. The summed E-state index contributed by atoms with van der Waals surface area (Å²) in [6.07, 6.45) is 8.95. The van der Waals surface area contributed by atoms with E-state index in [1.54, 1.807) is 29.6 Å². The minimum atomic E-state index is -0.893. The summed E-state index contributed by atoms with van der Waals surface area (Å²) in [4.78, 5) is 20.7. The molecule has 0 N–H and O–H groups in total. The van der Waals surface area contributed by atoms with Crippen LogP contribution in [0.25, 0.3) is 11.3 Å². The maximum Gasteiger partial charge on any atom is 0.191 e. The Hall–Kier alpha value is -5.11. The van der Waals surface area contributed by atoms with Crippen molar-refractivity contribution in [3.63, 3.8) is 0 Å². The Balaban J connectivity index is 1.45. The quantitative estimate of drug-likeness (QED) is 0.293. The van der Waals surface area contributed by atoms with Crippen LogP contribution in [0, 0.1) is 23.0 Å². The van der Waals surface area contributed by atoms with Crippen molar-refractivity contribution >= 4 is 17.2 Å². The van der Waals surface area contributed by atoms with Crippen LogP contribution in [0.4, 0.5) is 26.0 Å². The van der Waals surface area contributed by atoms with Gasteiger partial charge in [0.2, 0.25) is 0 Å².